The minimum absolute atomic E-state index is 0.649. The monoisotopic (exact) mass is 238 g/mol. The first-order chi connectivity index (χ1) is 8.78. The van der Waals surface area contributed by atoms with Crippen LogP contribution in [0.3, 0.4) is 0 Å². The third kappa shape index (κ3) is 1.78. The summed E-state index contributed by atoms with van der Waals surface area (Å²) >= 11 is 0. The topological polar surface area (TPSA) is 54.5 Å². The maximum absolute atomic E-state index is 9.02. The van der Waals surface area contributed by atoms with Crippen molar-refractivity contribution in [1.82, 2.24) is 14.5 Å². The summed E-state index contributed by atoms with van der Waals surface area (Å²) in [5.41, 5.74) is 3.95. The molecule has 90 valence electrons. The fourth-order valence-corrected chi connectivity index (χ4v) is 2.51. The lowest BCUT2D eigenvalue weighted by Gasteiger charge is -2.13. The van der Waals surface area contributed by atoms with Crippen LogP contribution >= 0.6 is 0 Å². The molecule has 0 aromatic carbocycles. The highest BCUT2D eigenvalue weighted by atomic mass is 15.1. The van der Waals surface area contributed by atoms with Gasteiger partial charge in [0, 0.05) is 11.4 Å². The molecule has 1 aliphatic carbocycles. The molecule has 2 aromatic rings. The number of aromatic nitrogens is 3. The summed E-state index contributed by atoms with van der Waals surface area (Å²) < 4.78 is 2.03. The molecule has 0 unspecified atom stereocenters. The Kier molecular flexibility index (Phi) is 2.60. The molecule has 2 heterocycles. The molecule has 0 bridgehead atoms. The largest absolute Gasteiger partial charge is 0.287 e. The average molecular weight is 238 g/mol. The van der Waals surface area contributed by atoms with Crippen LogP contribution < -0.4 is 0 Å². The number of nitriles is 1. The van der Waals surface area contributed by atoms with E-state index < -0.39 is 0 Å². The number of fused-ring (bicyclic) bond motifs is 1. The first-order valence-electron chi connectivity index (χ1n) is 6.22. The maximum Gasteiger partial charge on any atom is 0.139 e. The van der Waals surface area contributed by atoms with Gasteiger partial charge in [-0.05, 0) is 44.7 Å². The molecule has 0 amide bonds. The zero-order valence-electron chi connectivity index (χ0n) is 10.3. The number of nitrogens with zero attached hydrogens (tertiary/aromatic N) is 4. The van der Waals surface area contributed by atoms with Gasteiger partial charge in [0.15, 0.2) is 0 Å². The van der Waals surface area contributed by atoms with Gasteiger partial charge < -0.3 is 0 Å². The van der Waals surface area contributed by atoms with Crippen molar-refractivity contribution in [2.75, 3.05) is 0 Å². The predicted octanol–water partition coefficient (Wildman–Crippen LogP) is 2.33. The van der Waals surface area contributed by atoms with Gasteiger partial charge in [0.05, 0.1) is 17.3 Å². The molecule has 18 heavy (non-hydrogen) atoms. The van der Waals surface area contributed by atoms with E-state index in [1.165, 1.54) is 24.2 Å². The smallest absolute Gasteiger partial charge is 0.139 e. The summed E-state index contributed by atoms with van der Waals surface area (Å²) in [4.78, 5) is 8.96. The fourth-order valence-electron chi connectivity index (χ4n) is 2.51. The number of imidazole rings is 1. The van der Waals surface area contributed by atoms with Crippen molar-refractivity contribution in [3.8, 4) is 11.9 Å². The quantitative estimate of drug-likeness (QED) is 0.766. The summed E-state index contributed by atoms with van der Waals surface area (Å²) in [5.74, 6) is 0.808. The van der Waals surface area contributed by atoms with Gasteiger partial charge >= 0.3 is 0 Å². The Bertz CT molecular complexity index is 634. The lowest BCUT2D eigenvalue weighted by atomic mass is 10.0. The molecule has 1 aliphatic rings. The molecule has 3 rings (SSSR count). The van der Waals surface area contributed by atoms with Crippen molar-refractivity contribution in [2.45, 2.75) is 32.6 Å². The second kappa shape index (κ2) is 4.26. The van der Waals surface area contributed by atoms with Crippen molar-refractivity contribution < 1.29 is 0 Å². The molecule has 0 aliphatic heterocycles. The van der Waals surface area contributed by atoms with Crippen LogP contribution in [0, 0.1) is 18.3 Å². The number of pyridine rings is 1. The molecule has 0 spiro atoms. The van der Waals surface area contributed by atoms with Crippen LogP contribution in [-0.2, 0) is 12.8 Å². The highest BCUT2D eigenvalue weighted by Gasteiger charge is 2.16. The van der Waals surface area contributed by atoms with Crippen molar-refractivity contribution in [3.63, 3.8) is 0 Å². The van der Waals surface area contributed by atoms with Gasteiger partial charge in [-0.15, -0.1) is 0 Å². The summed E-state index contributed by atoms with van der Waals surface area (Å²) in [6.45, 7) is 1.91. The predicted molar refractivity (Wildman–Crippen MR) is 67.5 cm³/mol. The van der Waals surface area contributed by atoms with E-state index in [2.05, 4.69) is 16.0 Å². The van der Waals surface area contributed by atoms with E-state index in [0.717, 1.165) is 24.4 Å². The van der Waals surface area contributed by atoms with Crippen LogP contribution in [0.15, 0.2) is 18.5 Å². The normalized spacial score (nSPS) is 14.0. The summed E-state index contributed by atoms with van der Waals surface area (Å²) in [6, 6.07) is 5.80. The van der Waals surface area contributed by atoms with Gasteiger partial charge in [-0.1, -0.05) is 0 Å². The number of hydrogen-bond donors (Lipinski definition) is 0. The van der Waals surface area contributed by atoms with Gasteiger partial charge in [0.2, 0.25) is 0 Å². The first-order valence-corrected chi connectivity index (χ1v) is 6.22. The Labute approximate surface area is 106 Å². The average Bonchev–Trinajstić information content (AvgIpc) is 2.81. The molecule has 0 saturated carbocycles. The lowest BCUT2D eigenvalue weighted by Crippen LogP contribution is -2.08. The van der Waals surface area contributed by atoms with Crippen LogP contribution in [0.4, 0.5) is 0 Å². The minimum atomic E-state index is 0.649. The van der Waals surface area contributed by atoms with Crippen molar-refractivity contribution in [1.29, 1.82) is 5.26 Å². The van der Waals surface area contributed by atoms with Gasteiger partial charge in [-0.2, -0.15) is 5.26 Å². The van der Waals surface area contributed by atoms with E-state index in [1.807, 2.05) is 23.9 Å². The molecule has 4 heteroatoms. The number of rotatable bonds is 1. The van der Waals surface area contributed by atoms with Gasteiger partial charge in [-0.25, -0.2) is 9.97 Å². The van der Waals surface area contributed by atoms with Gasteiger partial charge in [0.25, 0.3) is 0 Å². The molecule has 0 atom stereocenters. The van der Waals surface area contributed by atoms with Gasteiger partial charge in [-0.3, -0.25) is 4.57 Å². The van der Waals surface area contributed by atoms with Crippen LogP contribution in [-0.4, -0.2) is 14.5 Å². The Hall–Kier alpha value is -2.15. The van der Waals surface area contributed by atoms with Crippen LogP contribution in [0.5, 0.6) is 0 Å². The van der Waals surface area contributed by atoms with Crippen molar-refractivity contribution in [2.24, 2.45) is 0 Å². The summed E-state index contributed by atoms with van der Waals surface area (Å²) in [6.07, 6.45) is 6.36. The van der Waals surface area contributed by atoms with Crippen molar-refractivity contribution >= 4 is 0 Å². The molecule has 0 fully saturated rings. The molecule has 4 nitrogen and oxygen atoms in total. The molecule has 2 aromatic heterocycles. The van der Waals surface area contributed by atoms with Gasteiger partial charge in [0.1, 0.15) is 12.1 Å². The van der Waals surface area contributed by atoms with Crippen LogP contribution in [0.25, 0.3) is 5.82 Å². The second-order valence-electron chi connectivity index (χ2n) is 4.68. The summed E-state index contributed by atoms with van der Waals surface area (Å²) in [7, 11) is 0. The Morgan fingerprint density at radius 1 is 1.28 bits per heavy atom. The number of aryl methyl sites for hydroxylation is 2. The fraction of sp³-hybridized carbons (Fsp3) is 0.357. The number of hydrogen-bond acceptors (Lipinski definition) is 3. The van der Waals surface area contributed by atoms with E-state index in [0.29, 0.717) is 5.56 Å². The molecular weight excluding hydrogens is 224 g/mol. The summed E-state index contributed by atoms with van der Waals surface area (Å²) in [5, 5.41) is 9.02. The SMILES string of the molecule is Cc1cc(C#N)cc(-n2cnc3c2CCCC3)n1. The Balaban J connectivity index is 2.13. The lowest BCUT2D eigenvalue weighted by molar-refractivity contribution is 0.654. The minimum Gasteiger partial charge on any atom is -0.287 e. The zero-order valence-corrected chi connectivity index (χ0v) is 10.3. The van der Waals surface area contributed by atoms with Crippen LogP contribution in [0.1, 0.15) is 35.5 Å². The van der Waals surface area contributed by atoms with E-state index >= 15 is 0 Å². The third-order valence-electron chi connectivity index (χ3n) is 3.35. The molecule has 0 N–H and O–H groups in total. The first kappa shape index (κ1) is 11.0. The van der Waals surface area contributed by atoms with E-state index in [-0.39, 0.29) is 0 Å². The zero-order chi connectivity index (χ0) is 12.5. The third-order valence-corrected chi connectivity index (χ3v) is 3.35. The molecule has 0 radical (unpaired) electrons. The molecule has 0 saturated heterocycles. The Morgan fingerprint density at radius 3 is 2.94 bits per heavy atom. The Morgan fingerprint density at radius 2 is 2.11 bits per heavy atom. The second-order valence-corrected chi connectivity index (χ2v) is 4.68. The van der Waals surface area contributed by atoms with E-state index in [4.69, 9.17) is 5.26 Å². The van der Waals surface area contributed by atoms with E-state index in [9.17, 15) is 0 Å². The van der Waals surface area contributed by atoms with E-state index in [1.54, 1.807) is 6.07 Å². The van der Waals surface area contributed by atoms with Crippen LogP contribution in [0.2, 0.25) is 0 Å². The maximum atomic E-state index is 9.02. The highest BCUT2D eigenvalue weighted by Crippen LogP contribution is 2.22. The van der Waals surface area contributed by atoms with Crippen molar-refractivity contribution in [3.05, 3.63) is 41.1 Å². The molecular formula is C14H14N4. The standard InChI is InChI=1S/C14H14N4/c1-10-6-11(8-15)7-14(17-10)18-9-16-12-4-2-3-5-13(12)18/h6-7,9H,2-5H2,1H3. The highest BCUT2D eigenvalue weighted by molar-refractivity contribution is 5.39.